The molecule has 3 aromatic rings. The van der Waals surface area contributed by atoms with Crippen molar-refractivity contribution in [2.45, 2.75) is 13.8 Å². The van der Waals surface area contributed by atoms with Crippen LogP contribution in [-0.2, 0) is 0 Å². The van der Waals surface area contributed by atoms with Crippen molar-refractivity contribution in [3.05, 3.63) is 88.3 Å². The first-order chi connectivity index (χ1) is 13.0. The quantitative estimate of drug-likeness (QED) is 0.341. The summed E-state index contributed by atoms with van der Waals surface area (Å²) in [5.74, 6) is 0.624. The first-order valence-corrected chi connectivity index (χ1v) is 8.71. The number of carbonyl (C=O) groups is 1. The summed E-state index contributed by atoms with van der Waals surface area (Å²) in [5.41, 5.74) is 3.03. The fourth-order valence-corrected chi connectivity index (χ4v) is 2.77. The number of nitrogens with zero attached hydrogens (tertiary/aromatic N) is 1. The number of halogens is 1. The fraction of sp³-hybridized carbons (Fsp3) is 0.0909. The van der Waals surface area contributed by atoms with Crippen LogP contribution in [0.4, 0.5) is 5.69 Å². The number of benzene rings is 2. The SMILES string of the molecule is Cc1ccccc1NC=C(C#N)C(=O)c1cc(-c2ccc(Cl)cc2)oc1C. The number of para-hydroxylation sites is 1. The van der Waals surface area contributed by atoms with Gasteiger partial charge in [-0.1, -0.05) is 29.8 Å². The van der Waals surface area contributed by atoms with Crippen molar-refractivity contribution in [3.8, 4) is 17.4 Å². The van der Waals surface area contributed by atoms with Gasteiger partial charge in [0.2, 0.25) is 5.78 Å². The molecule has 0 aliphatic rings. The van der Waals surface area contributed by atoms with Gasteiger partial charge in [-0.3, -0.25) is 4.79 Å². The van der Waals surface area contributed by atoms with Crippen molar-refractivity contribution < 1.29 is 9.21 Å². The number of allylic oxidation sites excluding steroid dienone is 1. The summed E-state index contributed by atoms with van der Waals surface area (Å²) in [7, 11) is 0. The maximum atomic E-state index is 12.8. The van der Waals surface area contributed by atoms with Crippen LogP contribution in [-0.4, -0.2) is 5.78 Å². The standard InChI is InChI=1S/C22H17ClN2O2/c1-14-5-3-4-6-20(14)25-13-17(12-24)22(26)19-11-21(27-15(19)2)16-7-9-18(23)10-8-16/h3-11,13,25H,1-2H3. The van der Waals surface area contributed by atoms with Crippen LogP contribution in [0.5, 0.6) is 0 Å². The molecule has 0 unspecified atom stereocenters. The van der Waals surface area contributed by atoms with Gasteiger partial charge < -0.3 is 9.73 Å². The van der Waals surface area contributed by atoms with Crippen LogP contribution >= 0.6 is 11.6 Å². The Morgan fingerprint density at radius 2 is 1.85 bits per heavy atom. The van der Waals surface area contributed by atoms with E-state index in [1.165, 1.54) is 6.20 Å². The molecule has 1 N–H and O–H groups in total. The normalized spacial score (nSPS) is 11.1. The highest BCUT2D eigenvalue weighted by Gasteiger charge is 2.19. The van der Waals surface area contributed by atoms with E-state index in [0.29, 0.717) is 22.1 Å². The van der Waals surface area contributed by atoms with Crippen molar-refractivity contribution >= 4 is 23.1 Å². The largest absolute Gasteiger partial charge is 0.461 e. The number of rotatable bonds is 5. The van der Waals surface area contributed by atoms with Crippen LogP contribution in [0.15, 0.2) is 70.8 Å². The Morgan fingerprint density at radius 3 is 2.52 bits per heavy atom. The van der Waals surface area contributed by atoms with Crippen LogP contribution in [0.25, 0.3) is 11.3 Å². The molecule has 5 heteroatoms. The van der Waals surface area contributed by atoms with Crippen LogP contribution < -0.4 is 5.32 Å². The third-order valence-electron chi connectivity index (χ3n) is 4.17. The van der Waals surface area contributed by atoms with Crippen molar-refractivity contribution in [2.24, 2.45) is 0 Å². The maximum absolute atomic E-state index is 12.8. The molecule has 0 radical (unpaired) electrons. The summed E-state index contributed by atoms with van der Waals surface area (Å²) in [4.78, 5) is 12.8. The molecule has 0 aliphatic heterocycles. The summed E-state index contributed by atoms with van der Waals surface area (Å²) in [6.07, 6.45) is 1.43. The minimum absolute atomic E-state index is 0.00445. The zero-order valence-corrected chi connectivity index (χ0v) is 15.7. The molecular weight excluding hydrogens is 360 g/mol. The number of nitrogens with one attached hydrogen (secondary N) is 1. The lowest BCUT2D eigenvalue weighted by Crippen LogP contribution is -2.05. The third-order valence-corrected chi connectivity index (χ3v) is 4.43. The number of hydrogen-bond acceptors (Lipinski definition) is 4. The Balaban J connectivity index is 1.87. The first-order valence-electron chi connectivity index (χ1n) is 8.33. The molecule has 2 aromatic carbocycles. The van der Waals surface area contributed by atoms with E-state index in [0.717, 1.165) is 16.8 Å². The number of anilines is 1. The molecule has 0 saturated carbocycles. The lowest BCUT2D eigenvalue weighted by Gasteiger charge is -2.05. The first kappa shape index (κ1) is 18.5. The second kappa shape index (κ2) is 7.94. The van der Waals surface area contributed by atoms with E-state index in [2.05, 4.69) is 5.32 Å². The molecule has 1 aromatic heterocycles. The molecule has 0 amide bonds. The molecule has 27 heavy (non-hydrogen) atoms. The molecule has 0 aliphatic carbocycles. The molecule has 4 nitrogen and oxygen atoms in total. The molecule has 0 atom stereocenters. The van der Waals surface area contributed by atoms with E-state index in [4.69, 9.17) is 16.0 Å². The monoisotopic (exact) mass is 376 g/mol. The summed E-state index contributed by atoms with van der Waals surface area (Å²) >= 11 is 5.91. The minimum atomic E-state index is -0.389. The highest BCUT2D eigenvalue weighted by Crippen LogP contribution is 2.28. The van der Waals surface area contributed by atoms with E-state index < -0.39 is 0 Å². The van der Waals surface area contributed by atoms with Gasteiger partial charge in [0, 0.05) is 22.5 Å². The zero-order valence-electron chi connectivity index (χ0n) is 14.9. The zero-order chi connectivity index (χ0) is 19.4. The summed E-state index contributed by atoms with van der Waals surface area (Å²) in [5, 5.41) is 13.1. The van der Waals surface area contributed by atoms with Crippen LogP contribution in [0.2, 0.25) is 5.02 Å². The highest BCUT2D eigenvalue weighted by atomic mass is 35.5. The number of hydrogen-bond donors (Lipinski definition) is 1. The van der Waals surface area contributed by atoms with Gasteiger partial charge in [0.15, 0.2) is 0 Å². The van der Waals surface area contributed by atoms with E-state index in [1.807, 2.05) is 49.4 Å². The smallest absolute Gasteiger partial charge is 0.208 e. The molecule has 3 rings (SSSR count). The summed E-state index contributed by atoms with van der Waals surface area (Å²) in [6.45, 7) is 3.65. The third kappa shape index (κ3) is 4.11. The van der Waals surface area contributed by atoms with E-state index in [9.17, 15) is 10.1 Å². The van der Waals surface area contributed by atoms with Gasteiger partial charge in [0.1, 0.15) is 23.2 Å². The van der Waals surface area contributed by atoms with Crippen LogP contribution in [0.1, 0.15) is 21.7 Å². The van der Waals surface area contributed by atoms with Crippen molar-refractivity contribution in [1.29, 1.82) is 5.26 Å². The Labute approximate surface area is 162 Å². The van der Waals surface area contributed by atoms with Gasteiger partial charge in [0.25, 0.3) is 0 Å². The molecule has 0 saturated heterocycles. The number of carbonyl (C=O) groups excluding carboxylic acids is 1. The van der Waals surface area contributed by atoms with Gasteiger partial charge in [-0.25, -0.2) is 0 Å². The average molecular weight is 377 g/mol. The summed E-state index contributed by atoms with van der Waals surface area (Å²) < 4.78 is 5.72. The second-order valence-electron chi connectivity index (χ2n) is 6.05. The molecular formula is C22H17ClN2O2. The predicted molar refractivity (Wildman–Crippen MR) is 107 cm³/mol. The fourth-order valence-electron chi connectivity index (χ4n) is 2.64. The Hall–Kier alpha value is -3.29. The van der Waals surface area contributed by atoms with Crippen LogP contribution in [0.3, 0.4) is 0 Å². The molecule has 0 fully saturated rings. The maximum Gasteiger partial charge on any atom is 0.208 e. The van der Waals surface area contributed by atoms with E-state index in [-0.39, 0.29) is 11.4 Å². The number of nitriles is 1. The Bertz CT molecular complexity index is 1060. The van der Waals surface area contributed by atoms with Gasteiger partial charge in [0.05, 0.1) is 5.56 Å². The van der Waals surface area contributed by atoms with Crippen molar-refractivity contribution in [2.75, 3.05) is 5.32 Å². The van der Waals surface area contributed by atoms with E-state index in [1.54, 1.807) is 25.1 Å². The Morgan fingerprint density at radius 1 is 1.15 bits per heavy atom. The lowest BCUT2D eigenvalue weighted by atomic mass is 10.0. The molecule has 0 bridgehead atoms. The second-order valence-corrected chi connectivity index (χ2v) is 6.48. The molecule has 134 valence electrons. The number of aryl methyl sites for hydroxylation is 2. The van der Waals surface area contributed by atoms with Gasteiger partial charge in [-0.05, 0) is 55.8 Å². The minimum Gasteiger partial charge on any atom is -0.461 e. The topological polar surface area (TPSA) is 66.0 Å². The lowest BCUT2D eigenvalue weighted by molar-refractivity contribution is 0.103. The molecule has 0 spiro atoms. The van der Waals surface area contributed by atoms with Crippen molar-refractivity contribution in [1.82, 2.24) is 0 Å². The van der Waals surface area contributed by atoms with Gasteiger partial charge in [-0.2, -0.15) is 5.26 Å². The van der Waals surface area contributed by atoms with Gasteiger partial charge in [-0.15, -0.1) is 0 Å². The number of furan rings is 1. The predicted octanol–water partition coefficient (Wildman–Crippen LogP) is 5.92. The van der Waals surface area contributed by atoms with Crippen molar-refractivity contribution in [3.63, 3.8) is 0 Å². The highest BCUT2D eigenvalue weighted by molar-refractivity contribution is 6.30. The molecule has 1 heterocycles. The average Bonchev–Trinajstić information content (AvgIpc) is 3.05. The van der Waals surface area contributed by atoms with Crippen LogP contribution in [0, 0.1) is 25.2 Å². The number of ketones is 1. The van der Waals surface area contributed by atoms with Gasteiger partial charge >= 0.3 is 0 Å². The Kier molecular flexibility index (Phi) is 5.44. The van der Waals surface area contributed by atoms with E-state index >= 15 is 0 Å². The summed E-state index contributed by atoms with van der Waals surface area (Å²) in [6, 6.07) is 18.4. The number of Topliss-reactive ketones (excluding diaryl/α,β-unsaturated/α-hetero) is 1.